The molecule has 144 valence electrons. The van der Waals surface area contributed by atoms with E-state index in [2.05, 4.69) is 39.6 Å². The first-order valence-electron chi connectivity index (χ1n) is 9.40. The molecule has 4 aromatic rings. The van der Waals surface area contributed by atoms with E-state index >= 15 is 0 Å². The fourth-order valence-electron chi connectivity index (χ4n) is 3.35. The molecule has 2 aromatic heterocycles. The van der Waals surface area contributed by atoms with Crippen LogP contribution in [0.1, 0.15) is 27.0 Å². The Morgan fingerprint density at radius 2 is 1.66 bits per heavy atom. The fourth-order valence-corrected chi connectivity index (χ4v) is 4.33. The molecule has 0 unspecified atom stereocenters. The predicted molar refractivity (Wildman–Crippen MR) is 119 cm³/mol. The summed E-state index contributed by atoms with van der Waals surface area (Å²) >= 11 is 1.55. The van der Waals surface area contributed by atoms with Crippen molar-refractivity contribution in [1.29, 1.82) is 0 Å². The highest BCUT2D eigenvalue weighted by Crippen LogP contribution is 2.28. The monoisotopic (exact) mass is 399 g/mol. The van der Waals surface area contributed by atoms with E-state index in [0.717, 1.165) is 33.3 Å². The number of nitrogens with zero attached hydrogens (tertiary/aromatic N) is 2. The molecule has 1 N–H and O–H groups in total. The number of para-hydroxylation sites is 1. The van der Waals surface area contributed by atoms with Gasteiger partial charge in [-0.2, -0.15) is 0 Å². The molecule has 4 rings (SSSR count). The van der Waals surface area contributed by atoms with Crippen molar-refractivity contribution in [2.24, 2.45) is 0 Å². The minimum atomic E-state index is -0.151. The molecular weight excluding hydrogens is 378 g/mol. The summed E-state index contributed by atoms with van der Waals surface area (Å²) in [5.74, 6) is 0.538. The smallest absolute Gasteiger partial charge is 0.258 e. The summed E-state index contributed by atoms with van der Waals surface area (Å²) in [7, 11) is 0. The van der Waals surface area contributed by atoms with Gasteiger partial charge in [0.2, 0.25) is 0 Å². The number of aromatic nitrogens is 2. The van der Waals surface area contributed by atoms with E-state index in [1.54, 1.807) is 30.2 Å². The van der Waals surface area contributed by atoms with Gasteiger partial charge in [-0.25, -0.2) is 4.98 Å². The Hall–Kier alpha value is -3.18. The summed E-state index contributed by atoms with van der Waals surface area (Å²) in [6.45, 7) is 4.04. The second kappa shape index (κ2) is 8.45. The number of anilines is 1. The first-order chi connectivity index (χ1) is 14.1. The van der Waals surface area contributed by atoms with E-state index in [9.17, 15) is 4.79 Å². The topological polar surface area (TPSA) is 54.9 Å². The molecule has 0 aliphatic heterocycles. The predicted octanol–water partition coefficient (Wildman–Crippen LogP) is 5.79. The summed E-state index contributed by atoms with van der Waals surface area (Å²) in [6, 6.07) is 19.8. The molecule has 0 spiro atoms. The van der Waals surface area contributed by atoms with Crippen molar-refractivity contribution < 1.29 is 4.79 Å². The summed E-state index contributed by atoms with van der Waals surface area (Å²) in [6.07, 6.45) is 3.53. The van der Waals surface area contributed by atoms with Gasteiger partial charge in [0.15, 0.2) is 0 Å². The maximum Gasteiger partial charge on any atom is 0.258 e. The van der Waals surface area contributed by atoms with Gasteiger partial charge < -0.3 is 5.32 Å². The fraction of sp³-hybridized carbons (Fsp3) is 0.125. The number of rotatable bonds is 5. The number of aryl methyl sites for hydroxylation is 2. The molecule has 0 aliphatic carbocycles. The Bertz CT molecular complexity index is 1160. The Kier molecular flexibility index (Phi) is 5.58. The lowest BCUT2D eigenvalue weighted by Gasteiger charge is -2.11. The normalized spacial score (nSPS) is 10.8. The number of nitrogens with one attached hydrogen (secondary N) is 1. The van der Waals surface area contributed by atoms with Gasteiger partial charge in [0.05, 0.1) is 11.1 Å². The molecule has 0 bridgehead atoms. The average Bonchev–Trinajstić information content (AvgIpc) is 2.71. The SMILES string of the molecule is Cc1cc(C)cc(NC(=O)c2cccnc2SCc2cccc3cccnc23)c1. The average molecular weight is 400 g/mol. The number of pyridine rings is 2. The lowest BCUT2D eigenvalue weighted by atomic mass is 10.1. The summed E-state index contributed by atoms with van der Waals surface area (Å²) in [4.78, 5) is 21.9. The van der Waals surface area contributed by atoms with Crippen LogP contribution < -0.4 is 5.32 Å². The van der Waals surface area contributed by atoms with Crippen LogP contribution in [0.2, 0.25) is 0 Å². The van der Waals surface area contributed by atoms with Crippen molar-refractivity contribution in [3.63, 3.8) is 0 Å². The molecule has 0 fully saturated rings. The summed E-state index contributed by atoms with van der Waals surface area (Å²) in [5.41, 5.74) is 5.71. The largest absolute Gasteiger partial charge is 0.322 e. The molecular formula is C24H21N3OS. The number of carbonyl (C=O) groups excluding carboxylic acids is 1. The van der Waals surface area contributed by atoms with Gasteiger partial charge in [-0.15, -0.1) is 11.8 Å². The Balaban J connectivity index is 1.56. The van der Waals surface area contributed by atoms with E-state index in [4.69, 9.17) is 0 Å². The van der Waals surface area contributed by atoms with Crippen LogP contribution in [0.4, 0.5) is 5.69 Å². The first-order valence-corrected chi connectivity index (χ1v) is 10.4. The molecule has 29 heavy (non-hydrogen) atoms. The van der Waals surface area contributed by atoms with Crippen molar-refractivity contribution in [3.8, 4) is 0 Å². The Morgan fingerprint density at radius 1 is 0.931 bits per heavy atom. The van der Waals surface area contributed by atoms with Crippen molar-refractivity contribution in [2.45, 2.75) is 24.6 Å². The number of carbonyl (C=O) groups is 1. The number of amides is 1. The Morgan fingerprint density at radius 3 is 2.48 bits per heavy atom. The number of thioether (sulfide) groups is 1. The number of hydrogen-bond donors (Lipinski definition) is 1. The maximum atomic E-state index is 12.9. The second-order valence-corrected chi connectivity index (χ2v) is 7.93. The van der Waals surface area contributed by atoms with E-state index in [0.29, 0.717) is 16.3 Å². The molecule has 0 atom stereocenters. The van der Waals surface area contributed by atoms with Crippen LogP contribution in [0.3, 0.4) is 0 Å². The molecule has 0 radical (unpaired) electrons. The van der Waals surface area contributed by atoms with Gasteiger partial charge in [-0.1, -0.05) is 30.3 Å². The van der Waals surface area contributed by atoms with Crippen molar-refractivity contribution in [3.05, 3.63) is 95.3 Å². The molecule has 2 heterocycles. The zero-order chi connectivity index (χ0) is 20.2. The quantitative estimate of drug-likeness (QED) is 0.432. The molecule has 2 aromatic carbocycles. The lowest BCUT2D eigenvalue weighted by molar-refractivity contribution is 0.102. The third-order valence-electron chi connectivity index (χ3n) is 4.58. The highest BCUT2D eigenvalue weighted by atomic mass is 32.2. The van der Waals surface area contributed by atoms with Crippen LogP contribution >= 0.6 is 11.8 Å². The van der Waals surface area contributed by atoms with Crippen molar-refractivity contribution in [2.75, 3.05) is 5.32 Å². The van der Waals surface area contributed by atoms with Crippen LogP contribution in [-0.4, -0.2) is 15.9 Å². The molecule has 4 nitrogen and oxygen atoms in total. The minimum Gasteiger partial charge on any atom is -0.322 e. The third-order valence-corrected chi connectivity index (χ3v) is 5.63. The number of fused-ring (bicyclic) bond motifs is 1. The molecule has 0 saturated carbocycles. The van der Waals surface area contributed by atoms with E-state index in [-0.39, 0.29) is 5.91 Å². The van der Waals surface area contributed by atoms with Gasteiger partial charge >= 0.3 is 0 Å². The third kappa shape index (κ3) is 4.46. The van der Waals surface area contributed by atoms with Crippen LogP contribution in [0, 0.1) is 13.8 Å². The van der Waals surface area contributed by atoms with Gasteiger partial charge in [0.25, 0.3) is 5.91 Å². The number of benzene rings is 2. The Labute approximate surface area is 174 Å². The van der Waals surface area contributed by atoms with Gasteiger partial charge in [-0.3, -0.25) is 9.78 Å². The van der Waals surface area contributed by atoms with E-state index < -0.39 is 0 Å². The van der Waals surface area contributed by atoms with Gasteiger partial charge in [0, 0.05) is 29.2 Å². The molecule has 1 amide bonds. The first kappa shape index (κ1) is 19.2. The zero-order valence-corrected chi connectivity index (χ0v) is 17.2. The van der Waals surface area contributed by atoms with Gasteiger partial charge in [-0.05, 0) is 60.9 Å². The van der Waals surface area contributed by atoms with Crippen LogP contribution in [-0.2, 0) is 5.75 Å². The zero-order valence-electron chi connectivity index (χ0n) is 16.3. The van der Waals surface area contributed by atoms with E-state index in [1.807, 2.05) is 44.2 Å². The summed E-state index contributed by atoms with van der Waals surface area (Å²) < 4.78 is 0. The minimum absolute atomic E-state index is 0.151. The molecule has 0 aliphatic rings. The molecule has 5 heteroatoms. The van der Waals surface area contributed by atoms with Crippen molar-refractivity contribution in [1.82, 2.24) is 9.97 Å². The summed E-state index contributed by atoms with van der Waals surface area (Å²) in [5, 5.41) is 4.82. The molecule has 0 saturated heterocycles. The highest BCUT2D eigenvalue weighted by molar-refractivity contribution is 7.98. The highest BCUT2D eigenvalue weighted by Gasteiger charge is 2.14. The van der Waals surface area contributed by atoms with E-state index in [1.165, 1.54) is 0 Å². The van der Waals surface area contributed by atoms with Gasteiger partial charge in [0.1, 0.15) is 5.03 Å². The second-order valence-electron chi connectivity index (χ2n) is 6.97. The van der Waals surface area contributed by atoms with Crippen LogP contribution in [0.25, 0.3) is 10.9 Å². The standard InChI is InChI=1S/C24H21N3OS/c1-16-12-17(2)14-20(13-16)27-23(28)21-9-5-11-26-24(21)29-15-19-7-3-6-18-8-4-10-25-22(18)19/h3-14H,15H2,1-2H3,(H,27,28). The lowest BCUT2D eigenvalue weighted by Crippen LogP contribution is -2.14. The van der Waals surface area contributed by atoms with Crippen molar-refractivity contribution >= 4 is 34.3 Å². The van der Waals surface area contributed by atoms with Crippen LogP contribution in [0.15, 0.2) is 78.1 Å². The van der Waals surface area contributed by atoms with Crippen LogP contribution in [0.5, 0.6) is 0 Å². The maximum absolute atomic E-state index is 12.9. The number of hydrogen-bond acceptors (Lipinski definition) is 4.